The zero-order chi connectivity index (χ0) is 10.6. The van der Waals surface area contributed by atoms with Crippen LogP contribution in [0.15, 0.2) is 0 Å². The fraction of sp³-hybridized carbons (Fsp3) is 1.00. The van der Waals surface area contributed by atoms with E-state index in [2.05, 4.69) is 6.92 Å². The highest BCUT2D eigenvalue weighted by atomic mass is 28.2. The predicted molar refractivity (Wildman–Crippen MR) is 61.7 cm³/mol. The highest BCUT2D eigenvalue weighted by Crippen LogP contribution is 2.07. The standard InChI is InChI=1S/C11H24O2Si/c1-4-5-6-7-8-9-10-14-11(12-2)13-3/h11H,4-10H2,1-3H3. The second-order valence-electron chi connectivity index (χ2n) is 3.53. The van der Waals surface area contributed by atoms with Gasteiger partial charge in [-0.1, -0.05) is 51.5 Å². The van der Waals surface area contributed by atoms with Crippen molar-refractivity contribution < 1.29 is 9.47 Å². The molecule has 0 aromatic heterocycles. The summed E-state index contributed by atoms with van der Waals surface area (Å²) in [6, 6.07) is 1.25. The molecule has 0 fully saturated rings. The summed E-state index contributed by atoms with van der Waals surface area (Å²) in [6.07, 6.45) is 8.21. The first kappa shape index (κ1) is 14.1. The van der Waals surface area contributed by atoms with Crippen LogP contribution in [-0.2, 0) is 9.47 Å². The second kappa shape index (κ2) is 11.2. The molecule has 0 bridgehead atoms. The highest BCUT2D eigenvalue weighted by molar-refractivity contribution is 6.36. The van der Waals surface area contributed by atoms with E-state index in [1.807, 2.05) is 0 Å². The molecule has 3 heteroatoms. The summed E-state index contributed by atoms with van der Waals surface area (Å²) >= 11 is 0. The van der Waals surface area contributed by atoms with E-state index in [1.165, 1.54) is 44.6 Å². The van der Waals surface area contributed by atoms with Crippen molar-refractivity contribution in [2.75, 3.05) is 14.2 Å². The summed E-state index contributed by atoms with van der Waals surface area (Å²) in [5.41, 5.74) is 0. The highest BCUT2D eigenvalue weighted by Gasteiger charge is 2.04. The Labute approximate surface area is 91.2 Å². The van der Waals surface area contributed by atoms with Gasteiger partial charge in [0, 0.05) is 14.2 Å². The van der Waals surface area contributed by atoms with E-state index in [0.717, 1.165) is 9.52 Å². The SMILES string of the molecule is CCCCCCCC[Si]C(OC)OC. The third kappa shape index (κ3) is 8.72. The van der Waals surface area contributed by atoms with Crippen LogP contribution in [0, 0.1) is 0 Å². The molecular formula is C11H24O2Si. The van der Waals surface area contributed by atoms with Gasteiger partial charge in [-0.05, 0) is 0 Å². The van der Waals surface area contributed by atoms with Gasteiger partial charge in [-0.25, -0.2) is 0 Å². The minimum absolute atomic E-state index is 0.0330. The smallest absolute Gasteiger partial charge is 0.136 e. The van der Waals surface area contributed by atoms with Crippen molar-refractivity contribution >= 4 is 9.52 Å². The van der Waals surface area contributed by atoms with Gasteiger partial charge >= 0.3 is 0 Å². The molecule has 0 aromatic rings. The van der Waals surface area contributed by atoms with Gasteiger partial charge in [-0.15, -0.1) is 0 Å². The Morgan fingerprint density at radius 1 is 0.929 bits per heavy atom. The lowest BCUT2D eigenvalue weighted by Crippen LogP contribution is -2.20. The topological polar surface area (TPSA) is 18.5 Å². The number of hydrogen-bond acceptors (Lipinski definition) is 2. The van der Waals surface area contributed by atoms with Crippen molar-refractivity contribution in [3.63, 3.8) is 0 Å². The van der Waals surface area contributed by atoms with Gasteiger partial charge in [-0.2, -0.15) is 0 Å². The Kier molecular flexibility index (Phi) is 11.3. The number of rotatable bonds is 10. The molecule has 0 aliphatic rings. The van der Waals surface area contributed by atoms with Crippen LogP contribution in [-0.4, -0.2) is 29.7 Å². The Morgan fingerprint density at radius 3 is 2.07 bits per heavy atom. The molecule has 0 unspecified atom stereocenters. The molecule has 14 heavy (non-hydrogen) atoms. The lowest BCUT2D eigenvalue weighted by Gasteiger charge is -2.11. The van der Waals surface area contributed by atoms with Crippen LogP contribution in [0.1, 0.15) is 45.4 Å². The number of methoxy groups -OCH3 is 2. The lowest BCUT2D eigenvalue weighted by atomic mass is 10.1. The zero-order valence-electron chi connectivity index (χ0n) is 9.84. The van der Waals surface area contributed by atoms with E-state index in [0.29, 0.717) is 0 Å². The zero-order valence-corrected chi connectivity index (χ0v) is 10.8. The van der Waals surface area contributed by atoms with E-state index >= 15 is 0 Å². The first-order chi connectivity index (χ1) is 6.85. The second-order valence-corrected chi connectivity index (χ2v) is 4.90. The van der Waals surface area contributed by atoms with Crippen LogP contribution in [0.2, 0.25) is 6.04 Å². The molecule has 0 N–H and O–H groups in total. The van der Waals surface area contributed by atoms with Gasteiger partial charge in [0.15, 0.2) is 0 Å². The Hall–Kier alpha value is 0.137. The fourth-order valence-corrected chi connectivity index (χ4v) is 2.41. The summed E-state index contributed by atoms with van der Waals surface area (Å²) in [6.45, 7) is 2.25. The Bertz CT molecular complexity index is 105. The maximum Gasteiger partial charge on any atom is 0.136 e. The molecule has 0 rings (SSSR count). The average Bonchev–Trinajstić information content (AvgIpc) is 2.22. The van der Waals surface area contributed by atoms with Gasteiger partial charge in [0.25, 0.3) is 0 Å². The normalized spacial score (nSPS) is 11.1. The van der Waals surface area contributed by atoms with Gasteiger partial charge in [0.2, 0.25) is 0 Å². The maximum atomic E-state index is 5.13. The Balaban J connectivity index is 3.04. The van der Waals surface area contributed by atoms with Crippen LogP contribution >= 0.6 is 0 Å². The summed E-state index contributed by atoms with van der Waals surface area (Å²) in [5.74, 6) is 0.0330. The van der Waals surface area contributed by atoms with Crippen LogP contribution in [0.4, 0.5) is 0 Å². The molecular weight excluding hydrogens is 192 g/mol. The van der Waals surface area contributed by atoms with Crippen LogP contribution in [0.3, 0.4) is 0 Å². The minimum Gasteiger partial charge on any atom is -0.360 e. The van der Waals surface area contributed by atoms with E-state index in [9.17, 15) is 0 Å². The van der Waals surface area contributed by atoms with Gasteiger partial charge in [0.05, 0.1) is 0 Å². The molecule has 0 aliphatic heterocycles. The monoisotopic (exact) mass is 216 g/mol. The molecule has 0 heterocycles. The molecule has 0 aromatic carbocycles. The number of unbranched alkanes of at least 4 members (excludes halogenated alkanes) is 5. The predicted octanol–water partition coefficient (Wildman–Crippen LogP) is 3.05. The van der Waals surface area contributed by atoms with Gasteiger partial charge in [-0.3, -0.25) is 0 Å². The van der Waals surface area contributed by atoms with Crippen LogP contribution in [0.25, 0.3) is 0 Å². The van der Waals surface area contributed by atoms with E-state index < -0.39 is 0 Å². The lowest BCUT2D eigenvalue weighted by molar-refractivity contribution is -0.0441. The quantitative estimate of drug-likeness (QED) is 0.317. The van der Waals surface area contributed by atoms with Crippen molar-refractivity contribution in [2.45, 2.75) is 57.4 Å². The largest absolute Gasteiger partial charge is 0.360 e. The number of hydrogen-bond donors (Lipinski definition) is 0. The third-order valence-electron chi connectivity index (χ3n) is 2.27. The van der Waals surface area contributed by atoms with Crippen molar-refractivity contribution in [1.29, 1.82) is 0 Å². The molecule has 2 radical (unpaired) electrons. The summed E-state index contributed by atoms with van der Waals surface area (Å²) in [7, 11) is 4.21. The van der Waals surface area contributed by atoms with Crippen molar-refractivity contribution in [3.8, 4) is 0 Å². The Morgan fingerprint density at radius 2 is 1.50 bits per heavy atom. The van der Waals surface area contributed by atoms with Gasteiger partial charge < -0.3 is 9.47 Å². The number of ether oxygens (including phenoxy) is 2. The van der Waals surface area contributed by atoms with E-state index in [4.69, 9.17) is 9.47 Å². The summed E-state index contributed by atoms with van der Waals surface area (Å²) in [5, 5.41) is 0. The van der Waals surface area contributed by atoms with E-state index in [1.54, 1.807) is 14.2 Å². The molecule has 0 saturated carbocycles. The molecule has 0 aliphatic carbocycles. The average molecular weight is 216 g/mol. The van der Waals surface area contributed by atoms with Crippen LogP contribution < -0.4 is 0 Å². The molecule has 0 amide bonds. The minimum atomic E-state index is 0.0330. The third-order valence-corrected chi connectivity index (χ3v) is 3.72. The van der Waals surface area contributed by atoms with Gasteiger partial charge in [0.1, 0.15) is 15.4 Å². The summed E-state index contributed by atoms with van der Waals surface area (Å²) in [4.78, 5) is 0. The molecule has 84 valence electrons. The maximum absolute atomic E-state index is 5.13. The molecule has 0 saturated heterocycles. The van der Waals surface area contributed by atoms with Crippen molar-refractivity contribution in [1.82, 2.24) is 0 Å². The first-order valence-corrected chi connectivity index (χ1v) is 6.92. The molecule has 2 nitrogen and oxygen atoms in total. The molecule has 0 atom stereocenters. The van der Waals surface area contributed by atoms with Crippen LogP contribution in [0.5, 0.6) is 0 Å². The summed E-state index contributed by atoms with van der Waals surface area (Å²) < 4.78 is 10.3. The van der Waals surface area contributed by atoms with Crippen molar-refractivity contribution in [3.05, 3.63) is 0 Å². The first-order valence-electron chi connectivity index (χ1n) is 5.64. The van der Waals surface area contributed by atoms with Crippen molar-refractivity contribution in [2.24, 2.45) is 0 Å². The fourth-order valence-electron chi connectivity index (χ4n) is 1.39. The van der Waals surface area contributed by atoms with E-state index in [-0.39, 0.29) is 5.91 Å². The molecule has 0 spiro atoms.